The number of aryl methyl sites for hydroxylation is 1. The number of hydrogen-bond donors (Lipinski definition) is 0. The Kier molecular flexibility index (Phi) is 4.80. The minimum absolute atomic E-state index is 0.0739. The van der Waals surface area contributed by atoms with Crippen LogP contribution in [0.25, 0.3) is 0 Å². The Labute approximate surface area is 107 Å². The van der Waals surface area contributed by atoms with Crippen molar-refractivity contribution in [1.29, 1.82) is 0 Å². The zero-order chi connectivity index (χ0) is 11.4. The Balaban J connectivity index is 2.65. The molecule has 0 saturated carbocycles. The highest BCUT2D eigenvalue weighted by molar-refractivity contribution is 9.18. The van der Waals surface area contributed by atoms with Crippen LogP contribution in [0, 0.1) is 6.92 Å². The van der Waals surface area contributed by atoms with Gasteiger partial charge in [-0.1, -0.05) is 22.0 Å². The maximum absolute atomic E-state index is 11.0. The molecule has 0 saturated heterocycles. The summed E-state index contributed by atoms with van der Waals surface area (Å²) < 4.78 is 1.08. The van der Waals surface area contributed by atoms with Crippen LogP contribution < -0.4 is 0 Å². The van der Waals surface area contributed by atoms with Crippen molar-refractivity contribution in [1.82, 2.24) is 4.90 Å². The number of rotatable bonds is 3. The number of likely N-dealkylation sites (N-methyl/N-ethyl adjacent to an activating group) is 1. The minimum Gasteiger partial charge on any atom is -0.336 e. The smallest absolute Gasteiger partial charge is 0.289 e. The summed E-state index contributed by atoms with van der Waals surface area (Å²) in [7, 11) is 1.78. The number of amides is 1. The van der Waals surface area contributed by atoms with Crippen molar-refractivity contribution in [3.63, 3.8) is 0 Å². The average Bonchev–Trinajstić information content (AvgIpc) is 2.18. The minimum atomic E-state index is -0.0739. The van der Waals surface area contributed by atoms with Crippen LogP contribution in [0.2, 0.25) is 0 Å². The van der Waals surface area contributed by atoms with E-state index < -0.39 is 0 Å². The van der Waals surface area contributed by atoms with Gasteiger partial charge in [0.2, 0.25) is 0 Å². The monoisotopic (exact) mass is 333 g/mol. The highest BCUT2D eigenvalue weighted by Crippen LogP contribution is 2.16. The average molecular weight is 335 g/mol. The van der Waals surface area contributed by atoms with Crippen LogP contribution in [0.5, 0.6) is 0 Å². The predicted molar refractivity (Wildman–Crippen MR) is 69.5 cm³/mol. The van der Waals surface area contributed by atoms with Gasteiger partial charge in [0.05, 0.1) is 0 Å². The lowest BCUT2D eigenvalue weighted by molar-refractivity contribution is 0.235. The largest absolute Gasteiger partial charge is 0.336 e. The van der Waals surface area contributed by atoms with Crippen LogP contribution in [0.1, 0.15) is 11.1 Å². The molecule has 15 heavy (non-hydrogen) atoms. The molecule has 0 aliphatic heterocycles. The molecule has 0 atom stereocenters. The molecule has 82 valence electrons. The Morgan fingerprint density at radius 1 is 1.47 bits per heavy atom. The molecule has 1 aromatic carbocycles. The molecular formula is C11H13Br2NO. The van der Waals surface area contributed by atoms with E-state index in [2.05, 4.69) is 50.9 Å². The van der Waals surface area contributed by atoms with Crippen LogP contribution in [-0.2, 0) is 6.42 Å². The molecule has 0 spiro atoms. The summed E-state index contributed by atoms with van der Waals surface area (Å²) in [5, 5.41) is 0. The molecule has 1 rings (SSSR count). The van der Waals surface area contributed by atoms with E-state index in [1.807, 2.05) is 6.07 Å². The van der Waals surface area contributed by atoms with Crippen molar-refractivity contribution in [3.05, 3.63) is 33.8 Å². The SMILES string of the molecule is Cc1ccc(Br)cc1CCN(C)C(=O)Br. The van der Waals surface area contributed by atoms with E-state index in [9.17, 15) is 4.79 Å². The summed E-state index contributed by atoms with van der Waals surface area (Å²) in [5.74, 6) is 0. The van der Waals surface area contributed by atoms with E-state index in [1.165, 1.54) is 11.1 Å². The van der Waals surface area contributed by atoms with Gasteiger partial charge in [-0.15, -0.1) is 0 Å². The lowest BCUT2D eigenvalue weighted by atomic mass is 10.1. The third-order valence-electron chi connectivity index (χ3n) is 2.33. The topological polar surface area (TPSA) is 20.3 Å². The molecule has 0 aliphatic carbocycles. The second-order valence-corrected chi connectivity index (χ2v) is 5.09. The zero-order valence-electron chi connectivity index (χ0n) is 8.76. The summed E-state index contributed by atoms with van der Waals surface area (Å²) >= 11 is 6.37. The number of halogens is 2. The molecule has 2 nitrogen and oxygen atoms in total. The van der Waals surface area contributed by atoms with Gasteiger partial charge in [0.25, 0.3) is 4.82 Å². The predicted octanol–water partition coefficient (Wildman–Crippen LogP) is 3.75. The molecule has 0 heterocycles. The first kappa shape index (κ1) is 12.7. The maximum Gasteiger partial charge on any atom is 0.289 e. The summed E-state index contributed by atoms with van der Waals surface area (Å²) in [6.07, 6.45) is 0.874. The molecule has 0 aliphatic rings. The molecule has 0 unspecified atom stereocenters. The molecule has 0 bridgehead atoms. The Morgan fingerprint density at radius 2 is 2.13 bits per heavy atom. The van der Waals surface area contributed by atoms with Gasteiger partial charge in [-0.05, 0) is 36.6 Å². The fourth-order valence-corrected chi connectivity index (χ4v) is 1.87. The summed E-state index contributed by atoms with van der Waals surface area (Å²) in [6, 6.07) is 6.20. The molecule has 4 heteroatoms. The molecular weight excluding hydrogens is 322 g/mol. The van der Waals surface area contributed by atoms with Gasteiger partial charge in [0.1, 0.15) is 0 Å². The molecule has 1 aromatic rings. The number of hydrogen-bond acceptors (Lipinski definition) is 1. The van der Waals surface area contributed by atoms with Gasteiger partial charge < -0.3 is 4.90 Å². The second kappa shape index (κ2) is 5.66. The highest BCUT2D eigenvalue weighted by Gasteiger charge is 2.05. The fraction of sp³-hybridized carbons (Fsp3) is 0.364. The van der Waals surface area contributed by atoms with E-state index in [0.717, 1.165) is 17.4 Å². The second-order valence-electron chi connectivity index (χ2n) is 3.50. The Hall–Kier alpha value is -0.350. The zero-order valence-corrected chi connectivity index (χ0v) is 11.9. The normalized spacial score (nSPS) is 10.1. The highest BCUT2D eigenvalue weighted by atomic mass is 79.9. The first-order valence-electron chi connectivity index (χ1n) is 4.66. The van der Waals surface area contributed by atoms with Gasteiger partial charge in [-0.3, -0.25) is 4.79 Å². The number of carbonyl (C=O) groups excluding carboxylic acids is 1. The van der Waals surface area contributed by atoms with Gasteiger partial charge in [0.15, 0.2) is 0 Å². The van der Waals surface area contributed by atoms with E-state index in [0.29, 0.717) is 0 Å². The van der Waals surface area contributed by atoms with Gasteiger partial charge in [-0.25, -0.2) is 0 Å². The lowest BCUT2D eigenvalue weighted by Crippen LogP contribution is -2.23. The summed E-state index contributed by atoms with van der Waals surface area (Å²) in [5.41, 5.74) is 2.53. The van der Waals surface area contributed by atoms with Crippen LogP contribution in [0.4, 0.5) is 4.79 Å². The lowest BCUT2D eigenvalue weighted by Gasteiger charge is -2.14. The maximum atomic E-state index is 11.0. The summed E-state index contributed by atoms with van der Waals surface area (Å²) in [6.45, 7) is 2.80. The number of carbonyl (C=O) groups is 1. The molecule has 1 amide bonds. The number of nitrogens with zero attached hydrogens (tertiary/aromatic N) is 1. The Bertz CT molecular complexity index is 366. The number of benzene rings is 1. The van der Waals surface area contributed by atoms with Gasteiger partial charge >= 0.3 is 0 Å². The molecule has 0 fully saturated rings. The first-order valence-corrected chi connectivity index (χ1v) is 6.25. The standard InChI is InChI=1S/C11H13Br2NO/c1-8-3-4-10(12)7-9(8)5-6-14(2)11(13)15/h3-4,7H,5-6H2,1-2H3. The van der Waals surface area contributed by atoms with Crippen LogP contribution >= 0.6 is 31.9 Å². The van der Waals surface area contributed by atoms with E-state index in [-0.39, 0.29) is 4.82 Å². The fourth-order valence-electron chi connectivity index (χ4n) is 1.29. The first-order chi connectivity index (χ1) is 7.00. The third kappa shape index (κ3) is 3.95. The van der Waals surface area contributed by atoms with Crippen molar-refractivity contribution in [3.8, 4) is 0 Å². The van der Waals surface area contributed by atoms with Gasteiger partial charge in [0, 0.05) is 34.0 Å². The summed E-state index contributed by atoms with van der Waals surface area (Å²) in [4.78, 5) is 12.5. The van der Waals surface area contributed by atoms with E-state index in [1.54, 1.807) is 11.9 Å². The Morgan fingerprint density at radius 3 is 2.73 bits per heavy atom. The van der Waals surface area contributed by atoms with Crippen molar-refractivity contribution < 1.29 is 4.79 Å². The van der Waals surface area contributed by atoms with Crippen LogP contribution in [-0.4, -0.2) is 23.3 Å². The van der Waals surface area contributed by atoms with Crippen molar-refractivity contribution in [2.24, 2.45) is 0 Å². The molecule has 0 N–H and O–H groups in total. The van der Waals surface area contributed by atoms with Crippen LogP contribution in [0.3, 0.4) is 0 Å². The van der Waals surface area contributed by atoms with Gasteiger partial charge in [-0.2, -0.15) is 0 Å². The quantitative estimate of drug-likeness (QED) is 0.609. The van der Waals surface area contributed by atoms with Crippen molar-refractivity contribution >= 4 is 36.7 Å². The van der Waals surface area contributed by atoms with Crippen LogP contribution in [0.15, 0.2) is 22.7 Å². The molecule has 0 radical (unpaired) electrons. The van der Waals surface area contributed by atoms with E-state index in [4.69, 9.17) is 0 Å². The molecule has 0 aromatic heterocycles. The van der Waals surface area contributed by atoms with E-state index >= 15 is 0 Å². The van der Waals surface area contributed by atoms with Crippen molar-refractivity contribution in [2.45, 2.75) is 13.3 Å². The van der Waals surface area contributed by atoms with Crippen molar-refractivity contribution in [2.75, 3.05) is 13.6 Å². The third-order valence-corrected chi connectivity index (χ3v) is 3.43.